The highest BCUT2D eigenvalue weighted by Gasteiger charge is 2.24. The molecule has 82 valence electrons. The van der Waals surface area contributed by atoms with E-state index in [0.29, 0.717) is 5.92 Å². The second kappa shape index (κ2) is 4.79. The van der Waals surface area contributed by atoms with Crippen LogP contribution in [0, 0.1) is 5.92 Å². The normalized spacial score (nSPS) is 14.2. The average molecular weight is 195 g/mol. The largest absolute Gasteiger partial charge is 0.301 e. The lowest BCUT2D eigenvalue weighted by Gasteiger charge is -2.36. The number of likely N-dealkylation sites (N-methyl/N-ethyl adjacent to an activating group) is 1. The molecule has 0 aromatic heterocycles. The van der Waals surface area contributed by atoms with Gasteiger partial charge < -0.3 is 4.90 Å². The maximum atomic E-state index is 4.19. The molecule has 0 aromatic rings. The van der Waals surface area contributed by atoms with E-state index >= 15 is 0 Å². The zero-order chi connectivity index (χ0) is 11.5. The van der Waals surface area contributed by atoms with Crippen LogP contribution in [0.4, 0.5) is 0 Å². The average Bonchev–Trinajstić information content (AvgIpc) is 2.03. The predicted molar refractivity (Wildman–Crippen MR) is 65.5 cm³/mol. The summed E-state index contributed by atoms with van der Waals surface area (Å²) in [7, 11) is 4.19. The molecule has 0 saturated carbocycles. The molecule has 0 aliphatic heterocycles. The van der Waals surface area contributed by atoms with Gasteiger partial charge in [0.15, 0.2) is 0 Å². The van der Waals surface area contributed by atoms with Crippen LogP contribution in [0.5, 0.6) is 0 Å². The Bertz CT molecular complexity index is 223. The van der Waals surface area contributed by atoms with Crippen molar-refractivity contribution in [2.24, 2.45) is 5.92 Å². The lowest BCUT2D eigenvalue weighted by molar-refractivity contribution is 0.230. The van der Waals surface area contributed by atoms with Gasteiger partial charge in [-0.2, -0.15) is 0 Å². The number of hydrogen-bond acceptors (Lipinski definition) is 1. The summed E-state index contributed by atoms with van der Waals surface area (Å²) in [5.74, 6) is 0.529. The zero-order valence-electron chi connectivity index (χ0n) is 10.6. The van der Waals surface area contributed by atoms with E-state index in [2.05, 4.69) is 59.8 Å². The first-order chi connectivity index (χ1) is 6.19. The van der Waals surface area contributed by atoms with E-state index in [9.17, 15) is 0 Å². The summed E-state index contributed by atoms with van der Waals surface area (Å²) in [4.78, 5) is 2.21. The maximum absolute atomic E-state index is 4.19. The van der Waals surface area contributed by atoms with Crippen LogP contribution in [0.25, 0.3) is 0 Å². The summed E-state index contributed by atoms with van der Waals surface area (Å²) in [6, 6.07) is 0. The topological polar surface area (TPSA) is 3.24 Å². The first-order valence-electron chi connectivity index (χ1n) is 5.20. The summed E-state index contributed by atoms with van der Waals surface area (Å²) < 4.78 is 0. The SMILES string of the molecule is C=C(C)C(C)CC(=C)C(C)(C)N(C)C. The van der Waals surface area contributed by atoms with Gasteiger partial charge in [0.2, 0.25) is 0 Å². The van der Waals surface area contributed by atoms with Gasteiger partial charge in [-0.25, -0.2) is 0 Å². The van der Waals surface area contributed by atoms with Crippen LogP contribution in [0.15, 0.2) is 24.3 Å². The second-order valence-electron chi connectivity index (χ2n) is 5.01. The van der Waals surface area contributed by atoms with Gasteiger partial charge in [-0.1, -0.05) is 31.2 Å². The molecule has 1 unspecified atom stereocenters. The minimum absolute atomic E-state index is 0.0731. The van der Waals surface area contributed by atoms with Crippen LogP contribution in [-0.2, 0) is 0 Å². The highest BCUT2D eigenvalue weighted by molar-refractivity contribution is 5.16. The molecule has 14 heavy (non-hydrogen) atoms. The molecule has 0 aliphatic rings. The van der Waals surface area contributed by atoms with Gasteiger partial charge in [-0.15, -0.1) is 0 Å². The highest BCUT2D eigenvalue weighted by atomic mass is 15.1. The minimum Gasteiger partial charge on any atom is -0.301 e. The minimum atomic E-state index is 0.0731. The molecule has 1 nitrogen and oxygen atoms in total. The molecule has 0 radical (unpaired) electrons. The lowest BCUT2D eigenvalue weighted by Crippen LogP contribution is -2.40. The first-order valence-corrected chi connectivity index (χ1v) is 5.20. The van der Waals surface area contributed by atoms with Crippen molar-refractivity contribution in [3.8, 4) is 0 Å². The van der Waals surface area contributed by atoms with Crippen LogP contribution in [0.1, 0.15) is 34.1 Å². The molecular formula is C13H25N. The smallest absolute Gasteiger partial charge is 0.0355 e. The van der Waals surface area contributed by atoms with Crippen LogP contribution >= 0.6 is 0 Å². The van der Waals surface area contributed by atoms with Crippen LogP contribution in [0.3, 0.4) is 0 Å². The Kier molecular flexibility index (Phi) is 4.60. The van der Waals surface area contributed by atoms with Crippen molar-refractivity contribution in [3.63, 3.8) is 0 Å². The van der Waals surface area contributed by atoms with E-state index in [4.69, 9.17) is 0 Å². The Morgan fingerprint density at radius 3 is 2.00 bits per heavy atom. The van der Waals surface area contributed by atoms with E-state index in [1.807, 2.05) is 0 Å². The Morgan fingerprint density at radius 2 is 1.71 bits per heavy atom. The zero-order valence-corrected chi connectivity index (χ0v) is 10.6. The third-order valence-electron chi connectivity index (χ3n) is 3.38. The van der Waals surface area contributed by atoms with Gasteiger partial charge in [0, 0.05) is 5.54 Å². The number of nitrogens with zero attached hydrogens (tertiary/aromatic N) is 1. The van der Waals surface area contributed by atoms with Crippen molar-refractivity contribution in [1.29, 1.82) is 0 Å². The van der Waals surface area contributed by atoms with Crippen molar-refractivity contribution >= 4 is 0 Å². The molecule has 0 amide bonds. The number of rotatable bonds is 5. The van der Waals surface area contributed by atoms with Gasteiger partial charge in [0.05, 0.1) is 0 Å². The monoisotopic (exact) mass is 195 g/mol. The fourth-order valence-corrected chi connectivity index (χ4v) is 1.11. The molecule has 0 rings (SSSR count). The van der Waals surface area contributed by atoms with E-state index in [1.165, 1.54) is 11.1 Å². The second-order valence-corrected chi connectivity index (χ2v) is 5.01. The fraction of sp³-hybridized carbons (Fsp3) is 0.692. The van der Waals surface area contributed by atoms with E-state index in [-0.39, 0.29) is 5.54 Å². The fourth-order valence-electron chi connectivity index (χ4n) is 1.11. The summed E-state index contributed by atoms with van der Waals surface area (Å²) in [6.07, 6.45) is 1.03. The van der Waals surface area contributed by atoms with E-state index in [1.54, 1.807) is 0 Å². The molecule has 0 aromatic carbocycles. The van der Waals surface area contributed by atoms with Crippen molar-refractivity contribution in [2.45, 2.75) is 39.7 Å². The third kappa shape index (κ3) is 3.30. The van der Waals surface area contributed by atoms with Crippen molar-refractivity contribution < 1.29 is 0 Å². The van der Waals surface area contributed by atoms with Gasteiger partial charge in [0.1, 0.15) is 0 Å². The van der Waals surface area contributed by atoms with Crippen molar-refractivity contribution in [2.75, 3.05) is 14.1 Å². The van der Waals surface area contributed by atoms with Gasteiger partial charge in [0.25, 0.3) is 0 Å². The Morgan fingerprint density at radius 1 is 1.29 bits per heavy atom. The van der Waals surface area contributed by atoms with Gasteiger partial charge >= 0.3 is 0 Å². The summed E-state index contributed by atoms with van der Waals surface area (Å²) in [6.45, 7) is 16.9. The molecular weight excluding hydrogens is 170 g/mol. The molecule has 0 spiro atoms. The lowest BCUT2D eigenvalue weighted by atomic mass is 9.85. The Labute approximate surface area is 89.5 Å². The quantitative estimate of drug-likeness (QED) is 0.607. The molecule has 0 N–H and O–H groups in total. The van der Waals surface area contributed by atoms with Gasteiger partial charge in [-0.05, 0) is 47.2 Å². The van der Waals surface area contributed by atoms with E-state index in [0.717, 1.165) is 6.42 Å². The molecule has 0 bridgehead atoms. The summed E-state index contributed by atoms with van der Waals surface area (Å²) >= 11 is 0. The van der Waals surface area contributed by atoms with Gasteiger partial charge in [-0.3, -0.25) is 0 Å². The molecule has 0 saturated heterocycles. The van der Waals surface area contributed by atoms with Crippen molar-refractivity contribution in [3.05, 3.63) is 24.3 Å². The first kappa shape index (κ1) is 13.4. The summed E-state index contributed by atoms with van der Waals surface area (Å²) in [5, 5.41) is 0. The molecule has 1 heteroatoms. The number of hydrogen-bond donors (Lipinski definition) is 0. The summed E-state index contributed by atoms with van der Waals surface area (Å²) in [5.41, 5.74) is 2.59. The molecule has 0 heterocycles. The Hall–Kier alpha value is -0.560. The predicted octanol–water partition coefficient (Wildman–Crippen LogP) is 3.49. The van der Waals surface area contributed by atoms with E-state index < -0.39 is 0 Å². The Balaban J connectivity index is 4.42. The van der Waals surface area contributed by atoms with Crippen molar-refractivity contribution in [1.82, 2.24) is 4.90 Å². The molecule has 1 atom stereocenters. The molecule has 0 aliphatic carbocycles. The van der Waals surface area contributed by atoms with Crippen LogP contribution < -0.4 is 0 Å². The third-order valence-corrected chi connectivity index (χ3v) is 3.38. The number of allylic oxidation sites excluding steroid dienone is 1. The highest BCUT2D eigenvalue weighted by Crippen LogP contribution is 2.27. The standard InChI is InChI=1S/C13H25N/c1-10(2)11(3)9-12(4)13(5,6)14(7)8/h11H,1,4,9H2,2-3,5-8H3. The maximum Gasteiger partial charge on any atom is 0.0355 e. The van der Waals surface area contributed by atoms with Crippen LogP contribution in [0.2, 0.25) is 0 Å². The van der Waals surface area contributed by atoms with Crippen LogP contribution in [-0.4, -0.2) is 24.5 Å². The molecule has 0 fully saturated rings.